The summed E-state index contributed by atoms with van der Waals surface area (Å²) in [4.78, 5) is 2.45. The van der Waals surface area contributed by atoms with E-state index in [9.17, 15) is 0 Å². The van der Waals surface area contributed by atoms with Crippen molar-refractivity contribution < 1.29 is 0 Å². The number of fused-ring (bicyclic) bond motifs is 1. The quantitative estimate of drug-likeness (QED) is 0.560. The Hall–Kier alpha value is -2.70. The minimum Gasteiger partial charge on any atom is -0.374 e. The highest BCUT2D eigenvalue weighted by Gasteiger charge is 2.17. The van der Waals surface area contributed by atoms with E-state index in [1.54, 1.807) is 0 Å². The van der Waals surface area contributed by atoms with Crippen molar-refractivity contribution in [2.75, 3.05) is 32.0 Å². The Labute approximate surface area is 181 Å². The summed E-state index contributed by atoms with van der Waals surface area (Å²) < 4.78 is 2.35. The number of hydrogen-bond donors (Lipinski definition) is 1. The minimum atomic E-state index is 0.651. The molecule has 2 heterocycles. The van der Waals surface area contributed by atoms with Crippen LogP contribution in [0.15, 0.2) is 54.6 Å². The smallest absolute Gasteiger partial charge is 0.0931 e. The van der Waals surface area contributed by atoms with Gasteiger partial charge in [-0.15, -0.1) is 0 Å². The molecule has 0 saturated carbocycles. The fraction of sp³-hybridized carbons (Fsp3) is 0.407. The molecule has 0 aliphatic carbocycles. The van der Waals surface area contributed by atoms with Crippen LogP contribution in [0.3, 0.4) is 0 Å². The number of benzene rings is 2. The van der Waals surface area contributed by atoms with Crippen LogP contribution in [-0.4, -0.2) is 36.1 Å². The van der Waals surface area contributed by atoms with Crippen LogP contribution in [-0.2, 0) is 13.0 Å². The Bertz CT molecular complexity index is 1010. The summed E-state index contributed by atoms with van der Waals surface area (Å²) in [6.45, 7) is 6.30. The summed E-state index contributed by atoms with van der Waals surface area (Å²) in [7, 11) is 2.24. The molecule has 0 spiro atoms. The number of anilines is 1. The number of aryl methyl sites for hydroxylation is 2. The molecule has 1 fully saturated rings. The van der Waals surface area contributed by atoms with Gasteiger partial charge in [-0.2, -0.15) is 0 Å². The van der Waals surface area contributed by atoms with E-state index >= 15 is 0 Å². The van der Waals surface area contributed by atoms with Crippen molar-refractivity contribution >= 4 is 16.6 Å². The molecule has 4 rings (SSSR count). The lowest BCUT2D eigenvalue weighted by molar-refractivity contribution is 0.212. The molecule has 0 bridgehead atoms. The third-order valence-electron chi connectivity index (χ3n) is 6.38. The van der Waals surface area contributed by atoms with Crippen LogP contribution in [0.2, 0.25) is 0 Å². The Morgan fingerprint density at radius 3 is 2.60 bits per heavy atom. The zero-order valence-corrected chi connectivity index (χ0v) is 18.3. The lowest BCUT2D eigenvalue weighted by Gasteiger charge is -2.28. The minimum absolute atomic E-state index is 0.651. The normalized spacial score (nSPS) is 15.1. The van der Waals surface area contributed by atoms with Crippen molar-refractivity contribution in [1.82, 2.24) is 9.47 Å². The van der Waals surface area contributed by atoms with Gasteiger partial charge < -0.3 is 14.8 Å². The molecule has 3 nitrogen and oxygen atoms in total. The molecule has 0 unspecified atom stereocenters. The summed E-state index contributed by atoms with van der Waals surface area (Å²) in [5.41, 5.74) is 5.02. The first kappa shape index (κ1) is 20.6. The molecule has 1 saturated heterocycles. The van der Waals surface area contributed by atoms with Crippen LogP contribution in [0.25, 0.3) is 10.9 Å². The van der Waals surface area contributed by atoms with Gasteiger partial charge in [0.1, 0.15) is 0 Å². The molecule has 0 amide bonds. The van der Waals surface area contributed by atoms with Gasteiger partial charge in [-0.1, -0.05) is 36.3 Å². The van der Waals surface area contributed by atoms with Crippen LogP contribution in [0.4, 0.5) is 5.69 Å². The van der Waals surface area contributed by atoms with E-state index in [0.29, 0.717) is 6.54 Å². The summed E-state index contributed by atoms with van der Waals surface area (Å²) >= 11 is 0. The zero-order valence-electron chi connectivity index (χ0n) is 18.3. The predicted molar refractivity (Wildman–Crippen MR) is 128 cm³/mol. The third-order valence-corrected chi connectivity index (χ3v) is 6.38. The molecule has 0 atom stereocenters. The maximum atomic E-state index is 3.41. The first-order chi connectivity index (χ1) is 14.7. The van der Waals surface area contributed by atoms with Gasteiger partial charge in [0.2, 0.25) is 0 Å². The number of piperidine rings is 1. The van der Waals surface area contributed by atoms with Gasteiger partial charge in [-0.05, 0) is 94.4 Å². The lowest BCUT2D eigenvalue weighted by atomic mass is 9.90. The van der Waals surface area contributed by atoms with Gasteiger partial charge in [0.25, 0.3) is 0 Å². The maximum absolute atomic E-state index is 3.41. The van der Waals surface area contributed by atoms with E-state index in [4.69, 9.17) is 0 Å². The molecule has 1 N–H and O–H groups in total. The molecule has 156 valence electrons. The van der Waals surface area contributed by atoms with Crippen LogP contribution < -0.4 is 5.32 Å². The number of nitrogens with one attached hydrogen (secondary N) is 1. The van der Waals surface area contributed by atoms with Gasteiger partial charge in [0.05, 0.1) is 12.2 Å². The van der Waals surface area contributed by atoms with Crippen LogP contribution in [0, 0.1) is 17.8 Å². The van der Waals surface area contributed by atoms with Gasteiger partial charge in [0, 0.05) is 23.1 Å². The van der Waals surface area contributed by atoms with Crippen LogP contribution in [0.5, 0.6) is 0 Å². The highest BCUT2D eigenvalue weighted by atomic mass is 15.1. The van der Waals surface area contributed by atoms with E-state index in [2.05, 4.69) is 77.0 Å². The van der Waals surface area contributed by atoms with E-state index in [0.717, 1.165) is 23.8 Å². The molecular weight excluding hydrogens is 366 g/mol. The van der Waals surface area contributed by atoms with Crippen LogP contribution >= 0.6 is 0 Å². The lowest BCUT2D eigenvalue weighted by Crippen LogP contribution is -2.30. The predicted octanol–water partition coefficient (Wildman–Crippen LogP) is 5.40. The number of nitrogens with zero attached hydrogens (tertiary/aromatic N) is 2. The molecule has 30 heavy (non-hydrogen) atoms. The van der Waals surface area contributed by atoms with Gasteiger partial charge in [-0.25, -0.2) is 0 Å². The standard InChI is InChI=1S/C27H33N3/c1-3-30-25(12-8-18-28-24-10-5-4-6-11-24)21-26-23(9-7-13-27(26)30)15-14-22-16-19-29(2)20-17-22/h4-7,9-11,13,21-22,28H,3,14-20H2,1-2H3. The molecule has 3 heteroatoms. The largest absolute Gasteiger partial charge is 0.374 e. The van der Waals surface area contributed by atoms with Gasteiger partial charge in [0.15, 0.2) is 0 Å². The van der Waals surface area contributed by atoms with E-state index < -0.39 is 0 Å². The maximum Gasteiger partial charge on any atom is 0.0931 e. The van der Waals surface area contributed by atoms with Gasteiger partial charge in [-0.3, -0.25) is 0 Å². The number of para-hydroxylation sites is 1. The SMILES string of the molecule is CCn1c(C#CCNc2ccccc2)cc2c(CCC3CCN(C)CC3)cccc21. The van der Waals surface area contributed by atoms with Crippen molar-refractivity contribution in [2.45, 2.75) is 39.2 Å². The second kappa shape index (κ2) is 9.87. The van der Waals surface area contributed by atoms with Crippen molar-refractivity contribution in [3.8, 4) is 11.8 Å². The van der Waals surface area contributed by atoms with Crippen molar-refractivity contribution in [3.05, 3.63) is 65.9 Å². The van der Waals surface area contributed by atoms with E-state index in [1.807, 2.05) is 18.2 Å². The first-order valence-corrected chi connectivity index (χ1v) is 11.3. The highest BCUT2D eigenvalue weighted by Crippen LogP contribution is 2.27. The first-order valence-electron chi connectivity index (χ1n) is 11.3. The fourth-order valence-electron chi connectivity index (χ4n) is 4.56. The topological polar surface area (TPSA) is 20.2 Å². The molecule has 2 aromatic carbocycles. The van der Waals surface area contributed by atoms with Crippen molar-refractivity contribution in [1.29, 1.82) is 0 Å². The zero-order chi connectivity index (χ0) is 20.8. The highest BCUT2D eigenvalue weighted by molar-refractivity contribution is 5.86. The Balaban J connectivity index is 1.48. The molecule has 1 aliphatic heterocycles. The number of aromatic nitrogens is 1. The number of rotatable bonds is 6. The Morgan fingerprint density at radius 1 is 1.03 bits per heavy atom. The van der Waals surface area contributed by atoms with Crippen molar-refractivity contribution in [2.24, 2.45) is 5.92 Å². The summed E-state index contributed by atoms with van der Waals surface area (Å²) in [6, 6.07) is 19.3. The summed E-state index contributed by atoms with van der Waals surface area (Å²) in [6.07, 6.45) is 5.15. The number of likely N-dealkylation sites (tertiary alicyclic amines) is 1. The molecular formula is C27H33N3. The van der Waals surface area contributed by atoms with E-state index in [1.165, 1.54) is 55.2 Å². The fourth-order valence-corrected chi connectivity index (χ4v) is 4.56. The molecule has 1 aromatic heterocycles. The summed E-state index contributed by atoms with van der Waals surface area (Å²) in [5.74, 6) is 7.58. The second-order valence-corrected chi connectivity index (χ2v) is 8.43. The Kier molecular flexibility index (Phi) is 6.77. The Morgan fingerprint density at radius 2 is 1.83 bits per heavy atom. The average Bonchev–Trinajstić information content (AvgIpc) is 3.15. The second-order valence-electron chi connectivity index (χ2n) is 8.43. The van der Waals surface area contributed by atoms with Crippen molar-refractivity contribution in [3.63, 3.8) is 0 Å². The van der Waals surface area contributed by atoms with E-state index in [-0.39, 0.29) is 0 Å². The third kappa shape index (κ3) is 4.89. The monoisotopic (exact) mass is 399 g/mol. The summed E-state index contributed by atoms with van der Waals surface area (Å²) in [5, 5.41) is 4.75. The van der Waals surface area contributed by atoms with Gasteiger partial charge >= 0.3 is 0 Å². The molecule has 1 aliphatic rings. The molecule has 0 radical (unpaired) electrons. The van der Waals surface area contributed by atoms with Crippen LogP contribution in [0.1, 0.15) is 37.4 Å². The molecule has 3 aromatic rings. The number of hydrogen-bond acceptors (Lipinski definition) is 2. The average molecular weight is 400 g/mol.